The number of benzene rings is 3. The zero-order chi connectivity index (χ0) is 37.8. The number of hydrogen-bond donors (Lipinski definition) is 0. The molecule has 0 aliphatic rings. The molecule has 0 bridgehead atoms. The molecule has 11 nitrogen and oxygen atoms in total. The Balaban J connectivity index is 0.000000391. The van der Waals surface area contributed by atoms with E-state index in [1.165, 1.54) is 6.92 Å². The van der Waals surface area contributed by atoms with Gasteiger partial charge in [0.1, 0.15) is 22.9 Å². The van der Waals surface area contributed by atoms with Gasteiger partial charge in [-0.3, -0.25) is 14.9 Å². The second-order valence-corrected chi connectivity index (χ2v) is 11.3. The van der Waals surface area contributed by atoms with E-state index >= 15 is 0 Å². The third-order valence-corrected chi connectivity index (χ3v) is 7.47. The molecule has 0 aliphatic carbocycles. The van der Waals surface area contributed by atoms with E-state index in [9.17, 15) is 37.7 Å². The second-order valence-electron chi connectivity index (χ2n) is 10.6. The minimum Gasteiger partial charge on any atom is -0.463 e. The Labute approximate surface area is 297 Å². The van der Waals surface area contributed by atoms with Crippen molar-refractivity contribution < 1.29 is 51.4 Å². The van der Waals surface area contributed by atoms with E-state index in [4.69, 9.17) is 42.1 Å². The predicted molar refractivity (Wildman–Crippen MR) is 181 cm³/mol. The molecular weight excluding hydrogens is 708 g/mol. The number of nitro groups is 1. The molecule has 0 fully saturated rings. The van der Waals surface area contributed by atoms with Gasteiger partial charge in [-0.1, -0.05) is 36.7 Å². The standard InChI is InChI=1S/C19H15ClF3NO7.C15H22ClNO2/c1-3-29-17(25)10(2)30-18(26)13-9-12(5-6-15(13)24(27)28)31-16-7-4-11(8-14(16)20)19(21,22)23;1-5-13-8-6-7-11(2)15(13)17(14(18)9-16)12(3)10-19-4/h4-10H,3H2,1-2H3;6-8,12H,5,9-10H2,1-4H3. The molecule has 0 N–H and O–H groups in total. The van der Waals surface area contributed by atoms with Crippen molar-refractivity contribution in [2.75, 3.05) is 31.1 Å². The summed E-state index contributed by atoms with van der Waals surface area (Å²) in [5.74, 6) is -2.47. The molecule has 3 aromatic rings. The average Bonchev–Trinajstić information content (AvgIpc) is 3.06. The van der Waals surface area contributed by atoms with Crippen molar-refractivity contribution in [3.05, 3.63) is 92.0 Å². The normalized spacial score (nSPS) is 12.1. The predicted octanol–water partition coefficient (Wildman–Crippen LogP) is 8.33. The fourth-order valence-electron chi connectivity index (χ4n) is 4.64. The molecule has 0 saturated heterocycles. The molecule has 0 aromatic heterocycles. The number of nitro benzene ring substituents is 1. The van der Waals surface area contributed by atoms with E-state index in [2.05, 4.69) is 13.0 Å². The van der Waals surface area contributed by atoms with Crippen LogP contribution in [0.4, 0.5) is 24.5 Å². The van der Waals surface area contributed by atoms with Crippen LogP contribution in [-0.2, 0) is 36.4 Å². The summed E-state index contributed by atoms with van der Waals surface area (Å²) in [7, 11) is 1.64. The Bertz CT molecular complexity index is 1670. The van der Waals surface area contributed by atoms with Crippen LogP contribution in [0.1, 0.15) is 54.7 Å². The van der Waals surface area contributed by atoms with Crippen LogP contribution in [0.15, 0.2) is 54.6 Å². The van der Waals surface area contributed by atoms with Gasteiger partial charge >= 0.3 is 18.1 Å². The van der Waals surface area contributed by atoms with Crippen LogP contribution < -0.4 is 9.64 Å². The topological polar surface area (TPSA) is 135 Å². The number of ether oxygens (including phenoxy) is 4. The quantitative estimate of drug-likeness (QED) is 0.0733. The Hall–Kier alpha value is -4.40. The number of amides is 1. The summed E-state index contributed by atoms with van der Waals surface area (Å²) in [6.07, 6.45) is -5.06. The van der Waals surface area contributed by atoms with Gasteiger partial charge in [-0.2, -0.15) is 13.2 Å². The van der Waals surface area contributed by atoms with Crippen molar-refractivity contribution in [2.45, 2.75) is 59.4 Å². The van der Waals surface area contributed by atoms with Crippen LogP contribution >= 0.6 is 23.2 Å². The zero-order valence-electron chi connectivity index (χ0n) is 28.1. The summed E-state index contributed by atoms with van der Waals surface area (Å²) >= 11 is 11.6. The summed E-state index contributed by atoms with van der Waals surface area (Å²) < 4.78 is 58.4. The molecule has 2 atom stereocenters. The zero-order valence-corrected chi connectivity index (χ0v) is 29.6. The number of rotatable bonds is 13. The first kappa shape index (κ1) is 41.8. The van der Waals surface area contributed by atoms with Crippen molar-refractivity contribution in [3.63, 3.8) is 0 Å². The molecule has 0 heterocycles. The van der Waals surface area contributed by atoms with Gasteiger partial charge in [-0.25, -0.2) is 9.59 Å². The Kier molecular flexibility index (Phi) is 16.0. The number of nitrogens with zero attached hydrogens (tertiary/aromatic N) is 2. The molecule has 3 aromatic carbocycles. The van der Waals surface area contributed by atoms with Crippen LogP contribution in [0.25, 0.3) is 0 Å². The van der Waals surface area contributed by atoms with Crippen LogP contribution in [0.5, 0.6) is 11.5 Å². The SMILES string of the molecule is CCOC(=O)C(C)OC(=O)c1cc(Oc2ccc(C(F)(F)F)cc2Cl)ccc1[N+](=O)[O-].CCc1cccc(C)c1N(C(=O)CCl)C(C)COC. The number of anilines is 1. The van der Waals surface area contributed by atoms with Crippen molar-refractivity contribution >= 4 is 52.4 Å². The molecular formula is C34H37Cl2F3N2O9. The molecule has 2 unspecified atom stereocenters. The first-order chi connectivity index (χ1) is 23.5. The van der Waals surface area contributed by atoms with Crippen LogP contribution in [0, 0.1) is 17.0 Å². The summed E-state index contributed by atoms with van der Waals surface area (Å²) in [6.45, 7) is 9.37. The van der Waals surface area contributed by atoms with E-state index in [0.717, 1.165) is 53.6 Å². The van der Waals surface area contributed by atoms with Gasteiger partial charge in [0.15, 0.2) is 6.10 Å². The molecule has 272 valence electrons. The summed E-state index contributed by atoms with van der Waals surface area (Å²) in [5, 5.41) is 10.9. The highest BCUT2D eigenvalue weighted by Crippen LogP contribution is 2.37. The van der Waals surface area contributed by atoms with Gasteiger partial charge in [0, 0.05) is 19.2 Å². The second kappa shape index (κ2) is 19.1. The number of hydrogen-bond acceptors (Lipinski definition) is 9. The number of aryl methyl sites for hydroxylation is 2. The molecule has 3 rings (SSSR count). The monoisotopic (exact) mass is 744 g/mol. The van der Waals surface area contributed by atoms with Gasteiger partial charge in [-0.05, 0) is 69.5 Å². The number of alkyl halides is 4. The lowest BCUT2D eigenvalue weighted by Gasteiger charge is -2.31. The minimum atomic E-state index is -4.61. The first-order valence-corrected chi connectivity index (χ1v) is 16.1. The highest BCUT2D eigenvalue weighted by Gasteiger charge is 2.31. The largest absolute Gasteiger partial charge is 0.463 e. The molecule has 0 spiro atoms. The number of halogens is 5. The van der Waals surface area contributed by atoms with E-state index in [1.54, 1.807) is 18.9 Å². The Morgan fingerprint density at radius 2 is 1.72 bits per heavy atom. The van der Waals surface area contributed by atoms with Gasteiger partial charge in [0.05, 0.1) is 40.5 Å². The molecule has 0 saturated carbocycles. The summed E-state index contributed by atoms with van der Waals surface area (Å²) in [6, 6.07) is 11.4. The average molecular weight is 746 g/mol. The molecule has 16 heteroatoms. The first-order valence-electron chi connectivity index (χ1n) is 15.2. The molecule has 50 heavy (non-hydrogen) atoms. The number of carbonyl (C=O) groups excluding carboxylic acids is 3. The number of methoxy groups -OCH3 is 1. The van der Waals surface area contributed by atoms with Crippen molar-refractivity contribution in [3.8, 4) is 11.5 Å². The number of carbonyl (C=O) groups is 3. The maximum Gasteiger partial charge on any atom is 0.416 e. The van der Waals surface area contributed by atoms with E-state index in [1.807, 2.05) is 26.0 Å². The maximum absolute atomic E-state index is 12.8. The Morgan fingerprint density at radius 3 is 2.26 bits per heavy atom. The fourth-order valence-corrected chi connectivity index (χ4v) is 4.99. The van der Waals surface area contributed by atoms with Gasteiger partial charge in [0.2, 0.25) is 5.91 Å². The highest BCUT2D eigenvalue weighted by atomic mass is 35.5. The lowest BCUT2D eigenvalue weighted by Crippen LogP contribution is -2.43. The third kappa shape index (κ3) is 11.3. The van der Waals surface area contributed by atoms with Gasteiger partial charge in [-0.15, -0.1) is 11.6 Å². The summed E-state index contributed by atoms with van der Waals surface area (Å²) in [5.41, 5.74) is 1.04. The number of esters is 2. The highest BCUT2D eigenvalue weighted by molar-refractivity contribution is 6.32. The van der Waals surface area contributed by atoms with Crippen LogP contribution in [0.3, 0.4) is 0 Å². The van der Waals surface area contributed by atoms with Crippen molar-refractivity contribution in [1.29, 1.82) is 0 Å². The van der Waals surface area contributed by atoms with Gasteiger partial charge < -0.3 is 23.8 Å². The maximum atomic E-state index is 12.8. The van der Waals surface area contributed by atoms with E-state index in [0.29, 0.717) is 12.7 Å². The van der Waals surface area contributed by atoms with Gasteiger partial charge in [0.25, 0.3) is 5.69 Å². The smallest absolute Gasteiger partial charge is 0.416 e. The van der Waals surface area contributed by atoms with Crippen LogP contribution in [-0.4, -0.2) is 61.1 Å². The molecule has 0 radical (unpaired) electrons. The fraction of sp³-hybridized carbons (Fsp3) is 0.382. The Morgan fingerprint density at radius 1 is 1.04 bits per heavy atom. The number of para-hydroxylation sites is 1. The lowest BCUT2D eigenvalue weighted by molar-refractivity contribution is -0.385. The lowest BCUT2D eigenvalue weighted by atomic mass is 10.0. The van der Waals surface area contributed by atoms with E-state index in [-0.39, 0.29) is 41.0 Å². The molecule has 0 aliphatic heterocycles. The summed E-state index contributed by atoms with van der Waals surface area (Å²) in [4.78, 5) is 48.3. The third-order valence-electron chi connectivity index (χ3n) is 6.95. The van der Waals surface area contributed by atoms with Crippen LogP contribution in [0.2, 0.25) is 5.02 Å². The van der Waals surface area contributed by atoms with E-state index < -0.39 is 46.0 Å². The minimum absolute atomic E-state index is 0.0223. The molecule has 1 amide bonds. The van der Waals surface area contributed by atoms with Crippen molar-refractivity contribution in [1.82, 2.24) is 0 Å². The van der Waals surface area contributed by atoms with Crippen molar-refractivity contribution in [2.24, 2.45) is 0 Å².